The Bertz CT molecular complexity index is 929. The van der Waals surface area contributed by atoms with Crippen LogP contribution in [0.1, 0.15) is 55.8 Å². The standard InChI is InChI=1S/C26H31Cl2NO3/c1-3-13-26(2,25(32)29-23(16-30)17-7-8-17)15-22(19-5-4-6-21(28)14-19)24(31)18-9-11-20(27)12-10-18/h3-6,9-12,14,17,22-24,30-31H,1,7-8,13,15-16H2,2H3,(H,29,32)/t22-,23-,24-,26?/m1/s1. The summed E-state index contributed by atoms with van der Waals surface area (Å²) in [4.78, 5) is 13.4. The minimum Gasteiger partial charge on any atom is -0.394 e. The Morgan fingerprint density at radius 2 is 1.88 bits per heavy atom. The Morgan fingerprint density at radius 1 is 1.19 bits per heavy atom. The molecule has 1 fully saturated rings. The van der Waals surface area contributed by atoms with Crippen molar-refractivity contribution in [1.29, 1.82) is 0 Å². The summed E-state index contributed by atoms with van der Waals surface area (Å²) < 4.78 is 0. The molecule has 0 saturated heterocycles. The van der Waals surface area contributed by atoms with Gasteiger partial charge in [-0.2, -0.15) is 0 Å². The van der Waals surface area contributed by atoms with Crippen molar-refractivity contribution in [3.05, 3.63) is 82.4 Å². The lowest BCUT2D eigenvalue weighted by Gasteiger charge is -2.35. The topological polar surface area (TPSA) is 69.6 Å². The molecular weight excluding hydrogens is 445 g/mol. The van der Waals surface area contributed by atoms with Gasteiger partial charge in [-0.25, -0.2) is 0 Å². The van der Waals surface area contributed by atoms with Crippen molar-refractivity contribution in [1.82, 2.24) is 5.32 Å². The average Bonchev–Trinajstić information content (AvgIpc) is 3.61. The molecule has 0 radical (unpaired) electrons. The van der Waals surface area contributed by atoms with Crippen molar-refractivity contribution in [3.8, 4) is 0 Å². The van der Waals surface area contributed by atoms with Gasteiger partial charge in [-0.1, -0.05) is 60.5 Å². The number of halogens is 2. The minimum absolute atomic E-state index is 0.0777. The van der Waals surface area contributed by atoms with E-state index in [-0.39, 0.29) is 24.5 Å². The number of carbonyl (C=O) groups is 1. The maximum Gasteiger partial charge on any atom is 0.226 e. The molecule has 3 N–H and O–H groups in total. The average molecular weight is 476 g/mol. The van der Waals surface area contributed by atoms with E-state index in [2.05, 4.69) is 11.9 Å². The fourth-order valence-corrected chi connectivity index (χ4v) is 4.59. The second-order valence-corrected chi connectivity index (χ2v) is 9.89. The highest BCUT2D eigenvalue weighted by Gasteiger charge is 2.40. The van der Waals surface area contributed by atoms with Crippen LogP contribution >= 0.6 is 23.2 Å². The zero-order valence-electron chi connectivity index (χ0n) is 18.3. The number of amides is 1. The summed E-state index contributed by atoms with van der Waals surface area (Å²) in [5.74, 6) is -0.196. The zero-order valence-corrected chi connectivity index (χ0v) is 19.8. The Kier molecular flexibility index (Phi) is 8.40. The van der Waals surface area contributed by atoms with E-state index in [1.807, 2.05) is 25.1 Å². The molecule has 1 aliphatic rings. The predicted octanol–water partition coefficient (Wildman–Crippen LogP) is 5.67. The van der Waals surface area contributed by atoms with Crippen LogP contribution in [0, 0.1) is 11.3 Å². The van der Waals surface area contributed by atoms with Gasteiger partial charge in [0.2, 0.25) is 5.91 Å². The highest BCUT2D eigenvalue weighted by Crippen LogP contribution is 2.43. The summed E-state index contributed by atoms with van der Waals surface area (Å²) in [6.07, 6.45) is 3.71. The molecule has 1 aliphatic carbocycles. The van der Waals surface area contributed by atoms with Crippen LogP contribution in [0.3, 0.4) is 0 Å². The van der Waals surface area contributed by atoms with Crippen molar-refractivity contribution in [2.24, 2.45) is 11.3 Å². The van der Waals surface area contributed by atoms with E-state index in [0.29, 0.717) is 34.4 Å². The molecule has 172 valence electrons. The first-order valence-corrected chi connectivity index (χ1v) is 11.7. The monoisotopic (exact) mass is 475 g/mol. The number of benzene rings is 2. The van der Waals surface area contributed by atoms with Gasteiger partial charge in [0, 0.05) is 16.0 Å². The molecule has 1 amide bonds. The molecule has 3 rings (SSSR count). The summed E-state index contributed by atoms with van der Waals surface area (Å²) in [5.41, 5.74) is 0.737. The second-order valence-electron chi connectivity index (χ2n) is 9.02. The maximum atomic E-state index is 13.4. The third-order valence-electron chi connectivity index (χ3n) is 6.39. The fraction of sp³-hybridized carbons (Fsp3) is 0.423. The first-order valence-electron chi connectivity index (χ1n) is 11.0. The lowest BCUT2D eigenvalue weighted by atomic mass is 9.72. The van der Waals surface area contributed by atoms with E-state index >= 15 is 0 Å². The van der Waals surface area contributed by atoms with E-state index in [0.717, 1.165) is 18.4 Å². The second kappa shape index (κ2) is 10.8. The summed E-state index contributed by atoms with van der Waals surface area (Å²) in [6.45, 7) is 5.66. The normalized spacial score (nSPS) is 18.3. The smallest absolute Gasteiger partial charge is 0.226 e. The van der Waals surface area contributed by atoms with E-state index < -0.39 is 11.5 Å². The summed E-state index contributed by atoms with van der Waals surface area (Å²) in [7, 11) is 0. The lowest BCUT2D eigenvalue weighted by Crippen LogP contribution is -2.47. The first-order chi connectivity index (χ1) is 15.3. The molecule has 0 bridgehead atoms. The molecule has 32 heavy (non-hydrogen) atoms. The van der Waals surface area contributed by atoms with Gasteiger partial charge in [0.15, 0.2) is 0 Å². The SMILES string of the molecule is C=CCC(C)(C[C@H](c1cccc(Cl)c1)[C@H](O)c1ccc(Cl)cc1)C(=O)N[C@H](CO)C1CC1. The molecule has 4 atom stereocenters. The van der Waals surface area contributed by atoms with Gasteiger partial charge < -0.3 is 15.5 Å². The van der Waals surface area contributed by atoms with Gasteiger partial charge in [-0.05, 0) is 67.0 Å². The van der Waals surface area contributed by atoms with Crippen molar-refractivity contribution in [3.63, 3.8) is 0 Å². The third kappa shape index (κ3) is 6.14. The number of nitrogens with one attached hydrogen (secondary N) is 1. The molecule has 4 nitrogen and oxygen atoms in total. The molecule has 6 heteroatoms. The van der Waals surface area contributed by atoms with E-state index in [1.54, 1.807) is 36.4 Å². The Hall–Kier alpha value is -1.85. The molecule has 2 aromatic carbocycles. The number of rotatable bonds is 11. The molecule has 2 aromatic rings. The number of hydrogen-bond acceptors (Lipinski definition) is 3. The van der Waals surface area contributed by atoms with Crippen LogP contribution < -0.4 is 5.32 Å². The number of aliphatic hydroxyl groups excluding tert-OH is 2. The highest BCUT2D eigenvalue weighted by molar-refractivity contribution is 6.30. The Morgan fingerprint density at radius 3 is 2.44 bits per heavy atom. The molecular formula is C26H31Cl2NO3. The van der Waals surface area contributed by atoms with Gasteiger partial charge in [-0.3, -0.25) is 4.79 Å². The fourth-order valence-electron chi connectivity index (χ4n) is 4.27. The largest absolute Gasteiger partial charge is 0.394 e. The summed E-state index contributed by atoms with van der Waals surface area (Å²) in [5, 5.41) is 25.3. The van der Waals surface area contributed by atoms with Gasteiger partial charge in [-0.15, -0.1) is 6.58 Å². The summed E-state index contributed by atoms with van der Waals surface area (Å²) >= 11 is 12.3. The highest BCUT2D eigenvalue weighted by atomic mass is 35.5. The van der Waals surface area contributed by atoms with Crippen LogP contribution in [0.15, 0.2) is 61.2 Å². The zero-order chi connectivity index (χ0) is 23.3. The van der Waals surface area contributed by atoms with Gasteiger partial charge in [0.25, 0.3) is 0 Å². The van der Waals surface area contributed by atoms with Crippen LogP contribution in [0.5, 0.6) is 0 Å². The molecule has 0 aromatic heterocycles. The third-order valence-corrected chi connectivity index (χ3v) is 6.87. The Labute approximate surface area is 200 Å². The minimum atomic E-state index is -0.861. The van der Waals surface area contributed by atoms with Crippen molar-refractivity contribution in [2.75, 3.05) is 6.61 Å². The van der Waals surface area contributed by atoms with Gasteiger partial charge in [0.05, 0.1) is 24.2 Å². The van der Waals surface area contributed by atoms with Crippen LogP contribution in [0.4, 0.5) is 0 Å². The molecule has 1 unspecified atom stereocenters. The molecule has 0 spiro atoms. The quantitative estimate of drug-likeness (QED) is 0.366. The lowest BCUT2D eigenvalue weighted by molar-refractivity contribution is -0.132. The first kappa shape index (κ1) is 24.8. The number of hydrogen-bond donors (Lipinski definition) is 3. The van der Waals surface area contributed by atoms with E-state index in [4.69, 9.17) is 23.2 Å². The van der Waals surface area contributed by atoms with Crippen LogP contribution in [0.25, 0.3) is 0 Å². The van der Waals surface area contributed by atoms with Crippen molar-refractivity contribution >= 4 is 29.1 Å². The predicted molar refractivity (Wildman–Crippen MR) is 130 cm³/mol. The van der Waals surface area contributed by atoms with Crippen LogP contribution in [-0.2, 0) is 4.79 Å². The molecule has 0 heterocycles. The maximum absolute atomic E-state index is 13.4. The molecule has 1 saturated carbocycles. The van der Waals surface area contributed by atoms with Crippen molar-refractivity contribution < 1.29 is 15.0 Å². The van der Waals surface area contributed by atoms with Crippen LogP contribution in [-0.4, -0.2) is 28.8 Å². The van der Waals surface area contributed by atoms with E-state index in [9.17, 15) is 15.0 Å². The van der Waals surface area contributed by atoms with E-state index in [1.165, 1.54) is 0 Å². The Balaban J connectivity index is 1.93. The number of carbonyl (C=O) groups excluding carboxylic acids is 1. The van der Waals surface area contributed by atoms with Gasteiger partial charge in [0.1, 0.15) is 0 Å². The van der Waals surface area contributed by atoms with Crippen LogP contribution in [0.2, 0.25) is 10.0 Å². The van der Waals surface area contributed by atoms with Crippen molar-refractivity contribution in [2.45, 2.75) is 50.7 Å². The van der Waals surface area contributed by atoms with Gasteiger partial charge >= 0.3 is 0 Å². The molecule has 0 aliphatic heterocycles. The summed E-state index contributed by atoms with van der Waals surface area (Å²) in [6, 6.07) is 14.2. The number of allylic oxidation sites excluding steroid dienone is 1. The number of aliphatic hydroxyl groups is 2.